The first-order valence-electron chi connectivity index (χ1n) is 9.06. The Labute approximate surface area is 187 Å². The molecule has 156 valence electrons. The molecule has 0 aliphatic carbocycles. The maximum Gasteiger partial charge on any atom is 0.191 e. The van der Waals surface area contributed by atoms with Gasteiger partial charge in [-0.15, -0.1) is 35.3 Å². The van der Waals surface area contributed by atoms with Gasteiger partial charge in [0.05, 0.1) is 26.8 Å². The minimum Gasteiger partial charge on any atom is -0.493 e. The zero-order valence-corrected chi connectivity index (χ0v) is 19.7. The van der Waals surface area contributed by atoms with Crippen LogP contribution in [0.2, 0.25) is 0 Å². The molecule has 1 aromatic heterocycles. The van der Waals surface area contributed by atoms with Crippen LogP contribution in [0.4, 0.5) is 0 Å². The SMILES string of the molecule is CCNC(=NCc1ccc(OCCO)c(OC)c1)NCc1ncc(CC)s1.I. The molecule has 1 aromatic carbocycles. The zero-order chi connectivity index (χ0) is 19.5. The highest BCUT2D eigenvalue weighted by Crippen LogP contribution is 2.28. The third-order valence-electron chi connectivity index (χ3n) is 3.70. The summed E-state index contributed by atoms with van der Waals surface area (Å²) in [5, 5.41) is 16.5. The molecule has 0 saturated carbocycles. The highest BCUT2D eigenvalue weighted by atomic mass is 127. The van der Waals surface area contributed by atoms with Gasteiger partial charge in [0.2, 0.25) is 0 Å². The predicted molar refractivity (Wildman–Crippen MR) is 124 cm³/mol. The van der Waals surface area contributed by atoms with E-state index >= 15 is 0 Å². The first-order valence-corrected chi connectivity index (χ1v) is 9.88. The Bertz CT molecular complexity index is 740. The molecule has 0 bridgehead atoms. The van der Waals surface area contributed by atoms with Crippen LogP contribution in [0, 0.1) is 0 Å². The van der Waals surface area contributed by atoms with E-state index in [0.717, 1.165) is 29.5 Å². The molecule has 0 fully saturated rings. The number of nitrogens with one attached hydrogen (secondary N) is 2. The third-order valence-corrected chi connectivity index (χ3v) is 4.84. The summed E-state index contributed by atoms with van der Waals surface area (Å²) in [4.78, 5) is 10.3. The monoisotopic (exact) mass is 520 g/mol. The molecule has 0 atom stereocenters. The Kier molecular flexibility index (Phi) is 11.8. The average molecular weight is 520 g/mol. The van der Waals surface area contributed by atoms with Crippen LogP contribution >= 0.6 is 35.3 Å². The normalized spacial score (nSPS) is 10.9. The van der Waals surface area contributed by atoms with E-state index in [-0.39, 0.29) is 37.2 Å². The molecule has 28 heavy (non-hydrogen) atoms. The van der Waals surface area contributed by atoms with Gasteiger partial charge in [-0.2, -0.15) is 0 Å². The molecule has 2 rings (SSSR count). The number of guanidine groups is 1. The summed E-state index contributed by atoms with van der Waals surface area (Å²) in [6, 6.07) is 5.67. The van der Waals surface area contributed by atoms with Gasteiger partial charge in [-0.3, -0.25) is 0 Å². The maximum absolute atomic E-state index is 8.89. The van der Waals surface area contributed by atoms with Crippen LogP contribution < -0.4 is 20.1 Å². The van der Waals surface area contributed by atoms with Crippen molar-refractivity contribution in [2.75, 3.05) is 26.9 Å². The topological polar surface area (TPSA) is 88.0 Å². The second kappa shape index (κ2) is 13.6. The van der Waals surface area contributed by atoms with Gasteiger partial charge < -0.3 is 25.2 Å². The number of halogens is 1. The number of thiazole rings is 1. The molecule has 0 amide bonds. The number of hydrogen-bond acceptors (Lipinski definition) is 6. The Balaban J connectivity index is 0.00000392. The van der Waals surface area contributed by atoms with Crippen LogP contribution in [0.1, 0.15) is 29.3 Å². The molecule has 0 saturated heterocycles. The Morgan fingerprint density at radius 2 is 2.07 bits per heavy atom. The zero-order valence-electron chi connectivity index (χ0n) is 16.5. The number of nitrogens with zero attached hydrogens (tertiary/aromatic N) is 2. The van der Waals surface area contributed by atoms with Crippen molar-refractivity contribution >= 4 is 41.3 Å². The van der Waals surface area contributed by atoms with Gasteiger partial charge in [-0.1, -0.05) is 13.0 Å². The highest BCUT2D eigenvalue weighted by Gasteiger charge is 2.07. The minimum atomic E-state index is -0.0360. The van der Waals surface area contributed by atoms with Crippen molar-refractivity contribution in [3.8, 4) is 11.5 Å². The summed E-state index contributed by atoms with van der Waals surface area (Å²) < 4.78 is 10.8. The number of aliphatic imine (C=N–C) groups is 1. The number of aliphatic hydroxyl groups excluding tert-OH is 1. The highest BCUT2D eigenvalue weighted by molar-refractivity contribution is 14.0. The summed E-state index contributed by atoms with van der Waals surface area (Å²) in [5.41, 5.74) is 1.00. The lowest BCUT2D eigenvalue weighted by Crippen LogP contribution is -2.36. The molecule has 0 radical (unpaired) electrons. The summed E-state index contributed by atoms with van der Waals surface area (Å²) in [6.45, 7) is 6.29. The van der Waals surface area contributed by atoms with E-state index in [1.165, 1.54) is 4.88 Å². The first-order chi connectivity index (χ1) is 13.2. The van der Waals surface area contributed by atoms with Crippen molar-refractivity contribution in [2.45, 2.75) is 33.4 Å². The van der Waals surface area contributed by atoms with Gasteiger partial charge >= 0.3 is 0 Å². The van der Waals surface area contributed by atoms with Gasteiger partial charge in [-0.25, -0.2) is 9.98 Å². The smallest absolute Gasteiger partial charge is 0.191 e. The molecular formula is C19H29IN4O3S. The van der Waals surface area contributed by atoms with Gasteiger partial charge in [0.25, 0.3) is 0 Å². The third kappa shape index (κ3) is 7.80. The van der Waals surface area contributed by atoms with Crippen molar-refractivity contribution in [2.24, 2.45) is 4.99 Å². The fraction of sp³-hybridized carbons (Fsp3) is 0.474. The standard InChI is InChI=1S/C19H28N4O3S.HI/c1-4-15-12-21-18(27-15)13-23-19(20-5-2)22-11-14-6-7-16(26-9-8-24)17(10-14)25-3;/h6-7,10,12,24H,4-5,8-9,11,13H2,1-3H3,(H2,20,22,23);1H. The molecular weight excluding hydrogens is 491 g/mol. The van der Waals surface area contributed by atoms with Crippen molar-refractivity contribution < 1.29 is 14.6 Å². The van der Waals surface area contributed by atoms with Crippen molar-refractivity contribution in [3.63, 3.8) is 0 Å². The van der Waals surface area contributed by atoms with Crippen LogP contribution in [-0.4, -0.2) is 42.9 Å². The van der Waals surface area contributed by atoms with E-state index in [9.17, 15) is 0 Å². The molecule has 0 aliphatic heterocycles. The summed E-state index contributed by atoms with van der Waals surface area (Å²) in [7, 11) is 1.60. The summed E-state index contributed by atoms with van der Waals surface area (Å²) in [6.07, 6.45) is 2.93. The molecule has 0 unspecified atom stereocenters. The molecule has 2 aromatic rings. The lowest BCUT2D eigenvalue weighted by molar-refractivity contribution is 0.196. The van der Waals surface area contributed by atoms with Gasteiger partial charge in [-0.05, 0) is 31.0 Å². The second-order valence-corrected chi connectivity index (χ2v) is 6.88. The molecule has 9 heteroatoms. The van der Waals surface area contributed by atoms with E-state index in [0.29, 0.717) is 24.6 Å². The van der Waals surface area contributed by atoms with Crippen LogP contribution in [0.5, 0.6) is 11.5 Å². The number of rotatable bonds is 10. The fourth-order valence-electron chi connectivity index (χ4n) is 2.35. The van der Waals surface area contributed by atoms with Gasteiger partial charge in [0.15, 0.2) is 17.5 Å². The van der Waals surface area contributed by atoms with Crippen LogP contribution in [0.25, 0.3) is 0 Å². The number of aromatic nitrogens is 1. The molecule has 0 aliphatic rings. The van der Waals surface area contributed by atoms with Crippen molar-refractivity contribution in [1.82, 2.24) is 15.6 Å². The molecule has 3 N–H and O–H groups in total. The van der Waals surface area contributed by atoms with E-state index in [2.05, 4.69) is 27.5 Å². The van der Waals surface area contributed by atoms with E-state index in [1.54, 1.807) is 18.4 Å². The number of methoxy groups -OCH3 is 1. The van der Waals surface area contributed by atoms with Crippen LogP contribution in [-0.2, 0) is 19.5 Å². The lowest BCUT2D eigenvalue weighted by atomic mass is 10.2. The average Bonchev–Trinajstić information content (AvgIpc) is 3.16. The van der Waals surface area contributed by atoms with E-state index in [4.69, 9.17) is 14.6 Å². The lowest BCUT2D eigenvalue weighted by Gasteiger charge is -2.12. The van der Waals surface area contributed by atoms with Crippen LogP contribution in [0.15, 0.2) is 29.4 Å². The molecule has 1 heterocycles. The molecule has 0 spiro atoms. The Morgan fingerprint density at radius 3 is 2.71 bits per heavy atom. The predicted octanol–water partition coefficient (Wildman–Crippen LogP) is 2.96. The largest absolute Gasteiger partial charge is 0.493 e. The number of aliphatic hydroxyl groups is 1. The van der Waals surface area contributed by atoms with Gasteiger partial charge in [0, 0.05) is 17.6 Å². The molecule has 7 nitrogen and oxygen atoms in total. The van der Waals surface area contributed by atoms with E-state index < -0.39 is 0 Å². The second-order valence-electron chi connectivity index (χ2n) is 5.68. The maximum atomic E-state index is 8.89. The van der Waals surface area contributed by atoms with Crippen molar-refractivity contribution in [3.05, 3.63) is 39.8 Å². The summed E-state index contributed by atoms with van der Waals surface area (Å²) in [5.74, 6) is 1.98. The Hall–Kier alpha value is -1.59. The number of aryl methyl sites for hydroxylation is 1. The number of benzene rings is 1. The fourth-order valence-corrected chi connectivity index (χ4v) is 3.15. The Morgan fingerprint density at radius 1 is 1.25 bits per heavy atom. The van der Waals surface area contributed by atoms with Crippen LogP contribution in [0.3, 0.4) is 0 Å². The van der Waals surface area contributed by atoms with E-state index in [1.807, 2.05) is 31.3 Å². The minimum absolute atomic E-state index is 0. The number of hydrogen-bond donors (Lipinski definition) is 3. The first kappa shape index (κ1) is 24.4. The quantitative estimate of drug-likeness (QED) is 0.254. The summed E-state index contributed by atoms with van der Waals surface area (Å²) >= 11 is 1.72. The number of ether oxygens (including phenoxy) is 2. The van der Waals surface area contributed by atoms with Gasteiger partial charge in [0.1, 0.15) is 11.6 Å². The van der Waals surface area contributed by atoms with Crippen molar-refractivity contribution in [1.29, 1.82) is 0 Å².